The van der Waals surface area contributed by atoms with E-state index in [1.165, 1.54) is 6.42 Å². The van der Waals surface area contributed by atoms with Crippen LogP contribution in [0.4, 0.5) is 11.4 Å². The van der Waals surface area contributed by atoms with E-state index in [0.717, 1.165) is 75.3 Å². The molecule has 1 aromatic rings. The number of hydrazone groups is 1. The molecule has 4 aliphatic rings. The van der Waals surface area contributed by atoms with E-state index in [2.05, 4.69) is 24.4 Å². The van der Waals surface area contributed by atoms with Crippen molar-refractivity contribution in [1.82, 2.24) is 5.43 Å². The highest BCUT2D eigenvalue weighted by atomic mass is 16.6. The highest BCUT2D eigenvalue weighted by Gasteiger charge is 2.59. The smallest absolute Gasteiger partial charge is 0.277 e. The first-order valence-corrected chi connectivity index (χ1v) is 13.0. The molecular formula is C26H34N4O6. The molecular weight excluding hydrogens is 464 g/mol. The number of carbonyl (C=O) groups is 1. The molecule has 0 aliphatic heterocycles. The van der Waals surface area contributed by atoms with Gasteiger partial charge in [-0.15, -0.1) is 0 Å². The van der Waals surface area contributed by atoms with Gasteiger partial charge >= 0.3 is 0 Å². The summed E-state index contributed by atoms with van der Waals surface area (Å²) in [7, 11) is 0. The van der Waals surface area contributed by atoms with Gasteiger partial charge in [0.25, 0.3) is 17.3 Å². The third-order valence-electron chi connectivity index (χ3n) is 10.3. The van der Waals surface area contributed by atoms with Gasteiger partial charge in [0.05, 0.1) is 27.6 Å². The summed E-state index contributed by atoms with van der Waals surface area (Å²) in [6, 6.07) is 2.91. The lowest BCUT2D eigenvalue weighted by atomic mass is 9.45. The summed E-state index contributed by atoms with van der Waals surface area (Å²) in [5.41, 5.74) is 2.49. The quantitative estimate of drug-likeness (QED) is 0.441. The largest absolute Gasteiger partial charge is 0.393 e. The summed E-state index contributed by atoms with van der Waals surface area (Å²) in [6.45, 7) is 4.70. The van der Waals surface area contributed by atoms with Crippen molar-refractivity contribution >= 4 is 23.0 Å². The Kier molecular flexibility index (Phi) is 6.13. The third kappa shape index (κ3) is 3.99. The summed E-state index contributed by atoms with van der Waals surface area (Å²) >= 11 is 0. The topological polar surface area (TPSA) is 148 Å². The van der Waals surface area contributed by atoms with Crippen LogP contribution in [0.1, 0.15) is 82.0 Å². The molecule has 36 heavy (non-hydrogen) atoms. The number of nitro groups is 2. The first-order chi connectivity index (χ1) is 17.0. The van der Waals surface area contributed by atoms with E-state index in [1.807, 2.05) is 0 Å². The molecule has 4 aliphatic carbocycles. The van der Waals surface area contributed by atoms with Crippen LogP contribution in [0.25, 0.3) is 0 Å². The Hall–Kier alpha value is -2.88. The standard InChI is InChI=1S/C26H34N4O6/c1-25-9-7-19(31)13-16(25)3-4-20-21-5-6-23(26(21,2)10-8-22(20)25)27-28-24(32)15-11-17(29(33)34)14-18(12-15)30(35)36/h11-12,14,16,19-22,31H,3-10,13H2,1-2H3,(H,28,32). The molecule has 5 rings (SSSR count). The fourth-order valence-electron chi connectivity index (χ4n) is 8.33. The lowest BCUT2D eigenvalue weighted by Gasteiger charge is -2.60. The highest BCUT2D eigenvalue weighted by molar-refractivity contribution is 5.98. The average molecular weight is 499 g/mol. The van der Waals surface area contributed by atoms with E-state index in [-0.39, 0.29) is 22.5 Å². The molecule has 2 N–H and O–H groups in total. The number of aliphatic hydroxyl groups excluding tert-OH is 1. The minimum Gasteiger partial charge on any atom is -0.393 e. The average Bonchev–Trinajstić information content (AvgIpc) is 3.18. The Morgan fingerprint density at radius 1 is 1.00 bits per heavy atom. The zero-order valence-corrected chi connectivity index (χ0v) is 20.8. The number of nitrogens with zero attached hydrogens (tertiary/aromatic N) is 3. The monoisotopic (exact) mass is 498 g/mol. The van der Waals surface area contributed by atoms with Gasteiger partial charge in [-0.1, -0.05) is 13.8 Å². The Balaban J connectivity index is 1.34. The molecule has 10 heteroatoms. The molecule has 0 radical (unpaired) electrons. The summed E-state index contributed by atoms with van der Waals surface area (Å²) in [6.07, 6.45) is 9.03. The lowest BCUT2D eigenvalue weighted by Crippen LogP contribution is -2.54. The van der Waals surface area contributed by atoms with Crippen molar-refractivity contribution in [2.75, 3.05) is 0 Å². The van der Waals surface area contributed by atoms with Crippen molar-refractivity contribution in [3.63, 3.8) is 0 Å². The van der Waals surface area contributed by atoms with Crippen LogP contribution < -0.4 is 5.43 Å². The zero-order chi connectivity index (χ0) is 25.8. The highest BCUT2D eigenvalue weighted by Crippen LogP contribution is 2.65. The molecule has 0 bridgehead atoms. The van der Waals surface area contributed by atoms with Gasteiger partial charge in [0.1, 0.15) is 0 Å². The number of fused-ring (bicyclic) bond motifs is 5. The number of benzene rings is 1. The molecule has 1 amide bonds. The van der Waals surface area contributed by atoms with E-state index in [0.29, 0.717) is 23.7 Å². The van der Waals surface area contributed by atoms with Gasteiger partial charge in [0.15, 0.2) is 0 Å². The SMILES string of the molecule is CC12CCC3C(CCC4CC(O)CCC43C)C1CCC2=NNC(=O)c1cc([N+](=O)[O-])cc([N+](=O)[O-])c1. The Labute approximate surface area is 209 Å². The second kappa shape index (κ2) is 8.90. The number of nitro benzene ring substituents is 2. The van der Waals surface area contributed by atoms with E-state index >= 15 is 0 Å². The summed E-state index contributed by atoms with van der Waals surface area (Å²) in [4.78, 5) is 33.6. The predicted octanol–water partition coefficient (Wildman–Crippen LogP) is 4.99. The van der Waals surface area contributed by atoms with Gasteiger partial charge in [-0.3, -0.25) is 25.0 Å². The van der Waals surface area contributed by atoms with Gasteiger partial charge in [-0.05, 0) is 86.9 Å². The van der Waals surface area contributed by atoms with Crippen LogP contribution >= 0.6 is 0 Å². The zero-order valence-electron chi connectivity index (χ0n) is 20.8. The number of non-ortho nitro benzene ring substituents is 2. The molecule has 0 spiro atoms. The van der Waals surface area contributed by atoms with E-state index in [1.54, 1.807) is 0 Å². The third-order valence-corrected chi connectivity index (χ3v) is 10.3. The molecule has 0 saturated heterocycles. The molecule has 4 saturated carbocycles. The van der Waals surface area contributed by atoms with Crippen molar-refractivity contribution < 1.29 is 19.7 Å². The van der Waals surface area contributed by atoms with Crippen LogP contribution in [0.2, 0.25) is 0 Å². The van der Waals surface area contributed by atoms with Crippen LogP contribution in [0, 0.1) is 54.7 Å². The number of carbonyl (C=O) groups excluding carboxylic acids is 1. The molecule has 0 aromatic heterocycles. The van der Waals surface area contributed by atoms with Gasteiger partial charge in [-0.2, -0.15) is 5.10 Å². The molecule has 7 unspecified atom stereocenters. The Bertz CT molecular complexity index is 1110. The molecule has 10 nitrogen and oxygen atoms in total. The van der Waals surface area contributed by atoms with Crippen molar-refractivity contribution in [2.45, 2.75) is 77.7 Å². The molecule has 7 atom stereocenters. The van der Waals surface area contributed by atoms with E-state index < -0.39 is 27.1 Å². The second-order valence-electron chi connectivity index (χ2n) is 11.8. The van der Waals surface area contributed by atoms with Crippen LogP contribution in [0.3, 0.4) is 0 Å². The van der Waals surface area contributed by atoms with Gasteiger partial charge in [0, 0.05) is 23.3 Å². The summed E-state index contributed by atoms with van der Waals surface area (Å²) in [5.74, 6) is 1.67. The lowest BCUT2D eigenvalue weighted by molar-refractivity contribution is -0.394. The van der Waals surface area contributed by atoms with Crippen LogP contribution in [-0.4, -0.2) is 32.7 Å². The van der Waals surface area contributed by atoms with Crippen LogP contribution in [0.5, 0.6) is 0 Å². The van der Waals surface area contributed by atoms with Crippen LogP contribution in [-0.2, 0) is 0 Å². The minimum atomic E-state index is -0.751. The van der Waals surface area contributed by atoms with E-state index in [4.69, 9.17) is 0 Å². The first-order valence-electron chi connectivity index (χ1n) is 13.0. The number of hydrogen-bond donors (Lipinski definition) is 2. The predicted molar refractivity (Wildman–Crippen MR) is 132 cm³/mol. The fourth-order valence-corrected chi connectivity index (χ4v) is 8.33. The number of aliphatic hydroxyl groups is 1. The summed E-state index contributed by atoms with van der Waals surface area (Å²) in [5, 5.41) is 37.1. The number of nitrogens with one attached hydrogen (secondary N) is 1. The van der Waals surface area contributed by atoms with E-state index in [9.17, 15) is 30.1 Å². The Morgan fingerprint density at radius 3 is 2.36 bits per heavy atom. The van der Waals surface area contributed by atoms with Crippen molar-refractivity contribution in [2.24, 2.45) is 39.6 Å². The number of amides is 1. The summed E-state index contributed by atoms with van der Waals surface area (Å²) < 4.78 is 0. The first kappa shape index (κ1) is 24.8. The Morgan fingerprint density at radius 2 is 1.69 bits per heavy atom. The van der Waals surface area contributed by atoms with Crippen molar-refractivity contribution in [3.8, 4) is 0 Å². The molecule has 4 fully saturated rings. The molecule has 0 heterocycles. The normalized spacial score (nSPS) is 38.5. The van der Waals surface area contributed by atoms with Gasteiger partial charge < -0.3 is 5.11 Å². The number of rotatable bonds is 4. The number of hydrogen-bond acceptors (Lipinski definition) is 7. The van der Waals surface area contributed by atoms with Gasteiger partial charge in [-0.25, -0.2) is 5.43 Å². The second-order valence-corrected chi connectivity index (χ2v) is 11.8. The van der Waals surface area contributed by atoms with Crippen LogP contribution in [0.15, 0.2) is 23.3 Å². The fraction of sp³-hybridized carbons (Fsp3) is 0.692. The minimum absolute atomic E-state index is 0.111. The van der Waals surface area contributed by atoms with Gasteiger partial charge in [0.2, 0.25) is 0 Å². The maximum absolute atomic E-state index is 12.8. The maximum Gasteiger partial charge on any atom is 0.277 e. The van der Waals surface area contributed by atoms with Crippen molar-refractivity contribution in [1.29, 1.82) is 0 Å². The van der Waals surface area contributed by atoms with Crippen molar-refractivity contribution in [3.05, 3.63) is 44.0 Å². The molecule has 194 valence electrons. The molecule has 1 aromatic carbocycles. The maximum atomic E-state index is 12.8.